The van der Waals surface area contributed by atoms with Gasteiger partial charge < -0.3 is 10.2 Å². The van der Waals surface area contributed by atoms with Crippen molar-refractivity contribution in [2.45, 2.75) is 59.0 Å². The fourth-order valence-corrected chi connectivity index (χ4v) is 4.87. The van der Waals surface area contributed by atoms with Crippen molar-refractivity contribution in [1.29, 1.82) is 0 Å². The van der Waals surface area contributed by atoms with Crippen LogP contribution in [0.3, 0.4) is 0 Å². The maximum Gasteiger partial charge on any atom is 0.244 e. The summed E-state index contributed by atoms with van der Waals surface area (Å²) in [6.07, 6.45) is 1.79. The molecule has 0 saturated carbocycles. The third-order valence-corrected chi connectivity index (χ3v) is 7.50. The monoisotopic (exact) mass is 555 g/mol. The number of amides is 2. The molecule has 0 aliphatic rings. The Balaban J connectivity index is 2.41. The van der Waals surface area contributed by atoms with Crippen molar-refractivity contribution < 1.29 is 18.0 Å². The molecule has 2 rings (SSSR count). The molecule has 1 atom stereocenters. The van der Waals surface area contributed by atoms with E-state index in [4.69, 9.17) is 23.2 Å². The van der Waals surface area contributed by atoms with Crippen LogP contribution >= 0.6 is 23.2 Å². The number of rotatable bonds is 10. The Labute approximate surface area is 224 Å². The molecule has 0 bridgehead atoms. The number of hydrogen-bond donors (Lipinski definition) is 1. The number of nitrogens with zero attached hydrogens (tertiary/aromatic N) is 2. The minimum atomic E-state index is -3.80. The van der Waals surface area contributed by atoms with Crippen molar-refractivity contribution in [2.75, 3.05) is 23.7 Å². The summed E-state index contributed by atoms with van der Waals surface area (Å²) < 4.78 is 26.5. The predicted octanol–water partition coefficient (Wildman–Crippen LogP) is 5.00. The first kappa shape index (κ1) is 29.9. The van der Waals surface area contributed by atoms with Crippen molar-refractivity contribution in [1.82, 2.24) is 10.2 Å². The molecule has 1 N–H and O–H groups in total. The average Bonchev–Trinajstić information content (AvgIpc) is 2.78. The second-order valence-electron chi connectivity index (χ2n) is 9.79. The zero-order chi connectivity index (χ0) is 27.3. The molecule has 0 heterocycles. The van der Waals surface area contributed by atoms with Crippen LogP contribution in [0.1, 0.15) is 52.2 Å². The van der Waals surface area contributed by atoms with E-state index in [1.165, 1.54) is 4.90 Å². The van der Waals surface area contributed by atoms with Gasteiger partial charge in [0.05, 0.1) is 11.9 Å². The van der Waals surface area contributed by atoms with Crippen molar-refractivity contribution in [3.63, 3.8) is 0 Å². The van der Waals surface area contributed by atoms with Gasteiger partial charge in [-0.25, -0.2) is 8.42 Å². The van der Waals surface area contributed by atoms with Gasteiger partial charge in [-0.2, -0.15) is 0 Å². The number of benzene rings is 2. The van der Waals surface area contributed by atoms with Gasteiger partial charge in [0.15, 0.2) is 0 Å². The minimum absolute atomic E-state index is 0.0100. The van der Waals surface area contributed by atoms with Gasteiger partial charge in [0, 0.05) is 23.1 Å². The summed E-state index contributed by atoms with van der Waals surface area (Å²) in [6.45, 7) is 9.72. The Bertz CT molecular complexity index is 1180. The molecular formula is C26H35Cl2N3O4S. The molecule has 2 aromatic carbocycles. The molecular weight excluding hydrogens is 521 g/mol. The first-order valence-electron chi connectivity index (χ1n) is 11.7. The zero-order valence-electron chi connectivity index (χ0n) is 21.6. The summed E-state index contributed by atoms with van der Waals surface area (Å²) in [5.74, 6) is -0.874. The van der Waals surface area contributed by atoms with Gasteiger partial charge in [0.25, 0.3) is 0 Å². The van der Waals surface area contributed by atoms with Gasteiger partial charge >= 0.3 is 0 Å². The van der Waals surface area contributed by atoms with Crippen LogP contribution < -0.4 is 9.62 Å². The Morgan fingerprint density at radius 3 is 2.17 bits per heavy atom. The molecule has 36 heavy (non-hydrogen) atoms. The van der Waals surface area contributed by atoms with E-state index in [2.05, 4.69) is 26.1 Å². The Morgan fingerprint density at radius 1 is 1.06 bits per heavy atom. The molecule has 0 unspecified atom stereocenters. The Hall–Kier alpha value is -2.29. The average molecular weight is 557 g/mol. The number of nitrogens with one attached hydrogen (secondary N) is 1. The van der Waals surface area contributed by atoms with E-state index in [1.54, 1.807) is 37.3 Å². The third-order valence-electron chi connectivity index (χ3n) is 5.77. The quantitative estimate of drug-likeness (QED) is 0.446. The van der Waals surface area contributed by atoms with Crippen LogP contribution in [0.2, 0.25) is 10.0 Å². The minimum Gasteiger partial charge on any atom is -0.354 e. The van der Waals surface area contributed by atoms with Crippen LogP contribution in [-0.2, 0) is 31.6 Å². The lowest BCUT2D eigenvalue weighted by molar-refractivity contribution is -0.139. The van der Waals surface area contributed by atoms with E-state index in [0.29, 0.717) is 27.8 Å². The van der Waals surface area contributed by atoms with Gasteiger partial charge in [-0.05, 0) is 54.2 Å². The van der Waals surface area contributed by atoms with Gasteiger partial charge in [-0.1, -0.05) is 69.1 Å². The van der Waals surface area contributed by atoms with Crippen molar-refractivity contribution in [2.24, 2.45) is 0 Å². The molecule has 7 nitrogen and oxygen atoms in total. The molecule has 10 heteroatoms. The fraction of sp³-hybridized carbons (Fsp3) is 0.462. The van der Waals surface area contributed by atoms with E-state index < -0.39 is 28.5 Å². The number of halogens is 2. The fourth-order valence-electron chi connectivity index (χ4n) is 3.55. The second kappa shape index (κ2) is 12.3. The maximum absolute atomic E-state index is 13.6. The lowest BCUT2D eigenvalue weighted by Gasteiger charge is -2.32. The second-order valence-corrected chi connectivity index (χ2v) is 12.5. The van der Waals surface area contributed by atoms with Gasteiger partial charge in [0.2, 0.25) is 21.8 Å². The molecule has 0 aliphatic carbocycles. The third kappa shape index (κ3) is 8.11. The number of hydrogen-bond acceptors (Lipinski definition) is 4. The topological polar surface area (TPSA) is 86.8 Å². The van der Waals surface area contributed by atoms with Crippen molar-refractivity contribution in [3.05, 3.63) is 63.6 Å². The van der Waals surface area contributed by atoms with E-state index in [1.807, 2.05) is 19.1 Å². The number of carbonyl (C=O) groups excluding carboxylic acids is 2. The number of carbonyl (C=O) groups is 2. The van der Waals surface area contributed by atoms with Crippen molar-refractivity contribution >= 4 is 50.7 Å². The summed E-state index contributed by atoms with van der Waals surface area (Å²) in [7, 11) is -3.80. The molecule has 0 fully saturated rings. The zero-order valence-corrected chi connectivity index (χ0v) is 24.0. The number of anilines is 1. The standard InChI is InChI=1S/C26H35Cl2N3O4S/c1-7-14-29-25(33)18(2)30(16-19-8-11-21(27)15-23(19)28)24(32)17-31(36(6,34)35)22-12-9-20(10-13-22)26(3,4)5/h8-13,15,18H,7,14,16-17H2,1-6H3,(H,29,33)/t18-/m0/s1. The van der Waals surface area contributed by atoms with E-state index in [9.17, 15) is 18.0 Å². The van der Waals surface area contributed by atoms with Gasteiger partial charge in [-0.15, -0.1) is 0 Å². The maximum atomic E-state index is 13.6. The van der Waals surface area contributed by atoms with Crippen LogP contribution in [0.4, 0.5) is 5.69 Å². The highest BCUT2D eigenvalue weighted by molar-refractivity contribution is 7.92. The molecule has 0 saturated heterocycles. The lowest BCUT2D eigenvalue weighted by Crippen LogP contribution is -2.51. The Kier molecular flexibility index (Phi) is 10.2. The first-order valence-corrected chi connectivity index (χ1v) is 14.3. The Morgan fingerprint density at radius 2 is 1.67 bits per heavy atom. The van der Waals surface area contributed by atoms with E-state index in [0.717, 1.165) is 22.5 Å². The van der Waals surface area contributed by atoms with Crippen molar-refractivity contribution in [3.8, 4) is 0 Å². The summed E-state index contributed by atoms with van der Waals surface area (Å²) in [5, 5.41) is 3.58. The smallest absolute Gasteiger partial charge is 0.244 e. The summed E-state index contributed by atoms with van der Waals surface area (Å²) in [6, 6.07) is 11.1. The highest BCUT2D eigenvalue weighted by Crippen LogP contribution is 2.27. The lowest BCUT2D eigenvalue weighted by atomic mass is 9.87. The molecule has 0 aromatic heterocycles. The number of sulfonamides is 1. The molecule has 0 aliphatic heterocycles. The van der Waals surface area contributed by atoms with Crippen LogP contribution in [0.15, 0.2) is 42.5 Å². The van der Waals surface area contributed by atoms with Crippen LogP contribution in [-0.4, -0.2) is 50.5 Å². The van der Waals surface area contributed by atoms with Gasteiger partial charge in [0.1, 0.15) is 12.6 Å². The van der Waals surface area contributed by atoms with Crippen LogP contribution in [0.5, 0.6) is 0 Å². The molecule has 0 radical (unpaired) electrons. The van der Waals surface area contributed by atoms with E-state index >= 15 is 0 Å². The predicted molar refractivity (Wildman–Crippen MR) is 147 cm³/mol. The summed E-state index contributed by atoms with van der Waals surface area (Å²) in [5.41, 5.74) is 1.88. The molecule has 2 aromatic rings. The normalized spacial score (nSPS) is 12.7. The van der Waals surface area contributed by atoms with E-state index in [-0.39, 0.29) is 17.9 Å². The SMILES string of the molecule is CCCNC(=O)[C@H](C)N(Cc1ccc(Cl)cc1Cl)C(=O)CN(c1ccc(C(C)(C)C)cc1)S(C)(=O)=O. The largest absolute Gasteiger partial charge is 0.354 e. The van der Waals surface area contributed by atoms with Crippen LogP contribution in [0, 0.1) is 0 Å². The molecule has 198 valence electrons. The molecule has 2 amide bonds. The highest BCUT2D eigenvalue weighted by atomic mass is 35.5. The summed E-state index contributed by atoms with van der Waals surface area (Å²) >= 11 is 12.4. The summed E-state index contributed by atoms with van der Waals surface area (Å²) in [4.78, 5) is 27.7. The first-order chi connectivity index (χ1) is 16.6. The molecule has 0 spiro atoms. The van der Waals surface area contributed by atoms with Gasteiger partial charge in [-0.3, -0.25) is 13.9 Å². The highest BCUT2D eigenvalue weighted by Gasteiger charge is 2.30. The van der Waals surface area contributed by atoms with Crippen LogP contribution in [0.25, 0.3) is 0 Å².